The summed E-state index contributed by atoms with van der Waals surface area (Å²) < 4.78 is 15.6. The molecule has 1 rings (SSSR count). The van der Waals surface area contributed by atoms with Gasteiger partial charge < -0.3 is 14.2 Å². The Kier molecular flexibility index (Phi) is 5.46. The van der Waals surface area contributed by atoms with Crippen LogP contribution < -0.4 is 20.7 Å². The normalized spacial score (nSPS) is 13.2. The summed E-state index contributed by atoms with van der Waals surface area (Å²) in [4.78, 5) is 8.49. The van der Waals surface area contributed by atoms with Gasteiger partial charge in [-0.1, -0.05) is 0 Å². The number of ether oxygens (including phenoxy) is 3. The summed E-state index contributed by atoms with van der Waals surface area (Å²) in [6.07, 6.45) is 2.15. The molecule has 19 heavy (non-hydrogen) atoms. The largest absolute Gasteiger partial charge is 0.480 e. The van der Waals surface area contributed by atoms with E-state index in [1.807, 2.05) is 13.8 Å². The molecule has 0 spiro atoms. The van der Waals surface area contributed by atoms with Gasteiger partial charge in [0.15, 0.2) is 0 Å². The van der Waals surface area contributed by atoms with Gasteiger partial charge in [-0.15, -0.1) is 0 Å². The van der Waals surface area contributed by atoms with E-state index in [1.165, 1.54) is 20.4 Å². The SMILES string of the molecule is COc1cnc(C(CC(C)(C)OC)NN)c(OC)n1. The molecule has 1 aromatic heterocycles. The first kappa shape index (κ1) is 15.6. The third kappa shape index (κ3) is 4.02. The Morgan fingerprint density at radius 3 is 2.47 bits per heavy atom. The predicted octanol–water partition coefficient (Wildman–Crippen LogP) is 0.813. The zero-order valence-corrected chi connectivity index (χ0v) is 12.1. The summed E-state index contributed by atoms with van der Waals surface area (Å²) in [6.45, 7) is 3.95. The van der Waals surface area contributed by atoms with E-state index in [9.17, 15) is 0 Å². The van der Waals surface area contributed by atoms with E-state index in [1.54, 1.807) is 7.11 Å². The molecule has 0 aliphatic carbocycles. The van der Waals surface area contributed by atoms with E-state index < -0.39 is 0 Å². The van der Waals surface area contributed by atoms with Gasteiger partial charge in [-0.25, -0.2) is 4.98 Å². The fraction of sp³-hybridized carbons (Fsp3) is 0.667. The molecule has 0 aliphatic heterocycles. The van der Waals surface area contributed by atoms with Gasteiger partial charge in [-0.3, -0.25) is 11.3 Å². The summed E-state index contributed by atoms with van der Waals surface area (Å²) in [5.41, 5.74) is 3.00. The highest BCUT2D eigenvalue weighted by Gasteiger charge is 2.27. The molecule has 0 amide bonds. The number of hydrogen-bond donors (Lipinski definition) is 2. The van der Waals surface area contributed by atoms with Crippen LogP contribution in [0.15, 0.2) is 6.20 Å². The van der Waals surface area contributed by atoms with E-state index in [-0.39, 0.29) is 11.6 Å². The maximum atomic E-state index is 5.60. The summed E-state index contributed by atoms with van der Waals surface area (Å²) in [5, 5.41) is 0. The lowest BCUT2D eigenvalue weighted by Crippen LogP contribution is -2.36. The zero-order chi connectivity index (χ0) is 14.5. The van der Waals surface area contributed by atoms with Crippen LogP contribution in [0.25, 0.3) is 0 Å². The van der Waals surface area contributed by atoms with E-state index >= 15 is 0 Å². The second-order valence-electron chi connectivity index (χ2n) is 4.69. The van der Waals surface area contributed by atoms with E-state index in [4.69, 9.17) is 20.1 Å². The summed E-state index contributed by atoms with van der Waals surface area (Å²) in [5.74, 6) is 6.38. The first-order valence-corrected chi connectivity index (χ1v) is 5.93. The van der Waals surface area contributed by atoms with Crippen LogP contribution in [-0.4, -0.2) is 36.9 Å². The van der Waals surface area contributed by atoms with Gasteiger partial charge >= 0.3 is 0 Å². The number of rotatable bonds is 7. The predicted molar refractivity (Wildman–Crippen MR) is 70.9 cm³/mol. The van der Waals surface area contributed by atoms with Crippen LogP contribution in [0.4, 0.5) is 0 Å². The topological polar surface area (TPSA) is 91.5 Å². The average Bonchev–Trinajstić information content (AvgIpc) is 2.44. The second kappa shape index (κ2) is 6.65. The minimum atomic E-state index is -0.344. The van der Waals surface area contributed by atoms with Crippen LogP contribution in [0.5, 0.6) is 11.8 Å². The molecule has 7 nitrogen and oxygen atoms in total. The molecule has 1 atom stereocenters. The Morgan fingerprint density at radius 1 is 1.32 bits per heavy atom. The van der Waals surface area contributed by atoms with Gasteiger partial charge in [0.25, 0.3) is 0 Å². The van der Waals surface area contributed by atoms with Crippen LogP contribution in [-0.2, 0) is 4.74 Å². The third-order valence-electron chi connectivity index (χ3n) is 2.93. The number of aromatic nitrogens is 2. The molecular weight excluding hydrogens is 248 g/mol. The Morgan fingerprint density at radius 2 is 2.00 bits per heavy atom. The fourth-order valence-electron chi connectivity index (χ4n) is 1.66. The van der Waals surface area contributed by atoms with Crippen molar-refractivity contribution in [2.75, 3.05) is 21.3 Å². The highest BCUT2D eigenvalue weighted by atomic mass is 16.5. The minimum Gasteiger partial charge on any atom is -0.480 e. The maximum Gasteiger partial charge on any atom is 0.240 e. The van der Waals surface area contributed by atoms with Crippen molar-refractivity contribution in [2.45, 2.75) is 31.9 Å². The van der Waals surface area contributed by atoms with Gasteiger partial charge in [0.1, 0.15) is 5.69 Å². The Balaban J connectivity index is 3.04. The maximum absolute atomic E-state index is 5.60. The number of nitrogens with zero attached hydrogens (tertiary/aromatic N) is 2. The number of nitrogens with one attached hydrogen (secondary N) is 1. The van der Waals surface area contributed by atoms with Gasteiger partial charge in [0.05, 0.1) is 32.1 Å². The molecule has 7 heteroatoms. The molecule has 108 valence electrons. The quantitative estimate of drug-likeness (QED) is 0.559. The van der Waals surface area contributed by atoms with Gasteiger partial charge in [-0.05, 0) is 20.3 Å². The van der Waals surface area contributed by atoms with Crippen molar-refractivity contribution >= 4 is 0 Å². The van der Waals surface area contributed by atoms with Gasteiger partial charge in [0, 0.05) is 7.11 Å². The lowest BCUT2D eigenvalue weighted by molar-refractivity contribution is 0.00622. The Bertz CT molecular complexity index is 412. The van der Waals surface area contributed by atoms with Gasteiger partial charge in [-0.2, -0.15) is 4.98 Å². The molecule has 0 bridgehead atoms. The number of hydrogen-bond acceptors (Lipinski definition) is 7. The molecule has 1 aromatic rings. The molecule has 3 N–H and O–H groups in total. The monoisotopic (exact) mass is 270 g/mol. The average molecular weight is 270 g/mol. The molecule has 0 aromatic carbocycles. The molecule has 0 saturated carbocycles. The van der Waals surface area contributed by atoms with Crippen molar-refractivity contribution in [3.63, 3.8) is 0 Å². The highest BCUT2D eigenvalue weighted by Crippen LogP contribution is 2.29. The third-order valence-corrected chi connectivity index (χ3v) is 2.93. The Labute approximate surface area is 113 Å². The van der Waals surface area contributed by atoms with Gasteiger partial charge in [0.2, 0.25) is 11.8 Å². The van der Waals surface area contributed by atoms with Crippen LogP contribution in [0, 0.1) is 0 Å². The molecular formula is C12H22N4O3. The number of methoxy groups -OCH3 is 3. The van der Waals surface area contributed by atoms with Crippen molar-refractivity contribution in [3.8, 4) is 11.8 Å². The summed E-state index contributed by atoms with van der Waals surface area (Å²) in [7, 11) is 4.71. The zero-order valence-electron chi connectivity index (χ0n) is 12.1. The van der Waals surface area contributed by atoms with Crippen LogP contribution in [0.1, 0.15) is 32.0 Å². The van der Waals surface area contributed by atoms with Crippen molar-refractivity contribution in [3.05, 3.63) is 11.9 Å². The number of hydrazine groups is 1. The fourth-order valence-corrected chi connectivity index (χ4v) is 1.66. The first-order chi connectivity index (χ1) is 8.97. The minimum absolute atomic E-state index is 0.233. The van der Waals surface area contributed by atoms with E-state index in [2.05, 4.69) is 15.4 Å². The van der Waals surface area contributed by atoms with Crippen molar-refractivity contribution in [1.29, 1.82) is 0 Å². The van der Waals surface area contributed by atoms with Crippen LogP contribution in [0.3, 0.4) is 0 Å². The molecule has 0 saturated heterocycles. The van der Waals surface area contributed by atoms with E-state index in [0.717, 1.165) is 0 Å². The van der Waals surface area contributed by atoms with E-state index in [0.29, 0.717) is 23.9 Å². The first-order valence-electron chi connectivity index (χ1n) is 5.93. The van der Waals surface area contributed by atoms with Crippen molar-refractivity contribution in [1.82, 2.24) is 15.4 Å². The Hall–Kier alpha value is -1.44. The van der Waals surface area contributed by atoms with Crippen molar-refractivity contribution in [2.24, 2.45) is 5.84 Å². The van der Waals surface area contributed by atoms with Crippen LogP contribution >= 0.6 is 0 Å². The second-order valence-corrected chi connectivity index (χ2v) is 4.69. The molecule has 1 unspecified atom stereocenters. The lowest BCUT2D eigenvalue weighted by atomic mass is 9.97. The van der Waals surface area contributed by atoms with Crippen LogP contribution in [0.2, 0.25) is 0 Å². The summed E-state index contributed by atoms with van der Waals surface area (Å²) >= 11 is 0. The van der Waals surface area contributed by atoms with Crippen molar-refractivity contribution < 1.29 is 14.2 Å². The number of nitrogens with two attached hydrogens (primary N) is 1. The molecule has 0 aliphatic rings. The molecule has 1 heterocycles. The highest BCUT2D eigenvalue weighted by molar-refractivity contribution is 5.25. The molecule has 0 radical (unpaired) electrons. The molecule has 0 fully saturated rings. The standard InChI is InChI=1S/C12H22N4O3/c1-12(2,19-5)6-8(16-13)10-11(18-4)15-9(17-3)7-14-10/h7-8,16H,6,13H2,1-5H3. The smallest absolute Gasteiger partial charge is 0.240 e. The lowest BCUT2D eigenvalue weighted by Gasteiger charge is -2.28. The summed E-state index contributed by atoms with van der Waals surface area (Å²) in [6, 6.07) is -0.233.